The summed E-state index contributed by atoms with van der Waals surface area (Å²) in [4.78, 5) is 1.25. The van der Waals surface area contributed by atoms with Gasteiger partial charge in [-0.15, -0.1) is 11.3 Å². The number of nitrogens with one attached hydrogen (secondary N) is 1. The molecule has 17 heavy (non-hydrogen) atoms. The van der Waals surface area contributed by atoms with Crippen LogP contribution in [-0.2, 0) is 5.41 Å². The zero-order chi connectivity index (χ0) is 12.9. The van der Waals surface area contributed by atoms with Crippen molar-refractivity contribution >= 4 is 11.3 Å². The van der Waals surface area contributed by atoms with E-state index in [2.05, 4.69) is 25.2 Å². The number of alkyl halides is 3. The van der Waals surface area contributed by atoms with Crippen LogP contribution in [0.1, 0.15) is 31.6 Å². The largest absolute Gasteiger partial charge is 0.389 e. The number of rotatable bonds is 6. The molecule has 1 heterocycles. The summed E-state index contributed by atoms with van der Waals surface area (Å²) in [6.07, 6.45) is -4.60. The maximum Gasteiger partial charge on any atom is 0.389 e. The first kappa shape index (κ1) is 14.5. The van der Waals surface area contributed by atoms with Gasteiger partial charge >= 0.3 is 6.18 Å². The van der Waals surface area contributed by atoms with Gasteiger partial charge in [-0.05, 0) is 24.4 Å². The fourth-order valence-electron chi connectivity index (χ4n) is 1.57. The molecule has 0 aliphatic carbocycles. The first-order valence-corrected chi connectivity index (χ1v) is 6.51. The van der Waals surface area contributed by atoms with Crippen molar-refractivity contribution in [3.8, 4) is 0 Å². The summed E-state index contributed by atoms with van der Waals surface area (Å²) in [5.41, 5.74) is -0.0214. The average molecular weight is 265 g/mol. The lowest BCUT2D eigenvalue weighted by Crippen LogP contribution is -2.33. The van der Waals surface area contributed by atoms with Crippen molar-refractivity contribution in [1.29, 1.82) is 0 Å². The molecule has 0 saturated carbocycles. The molecule has 0 atom stereocenters. The van der Waals surface area contributed by atoms with Gasteiger partial charge in [-0.2, -0.15) is 13.2 Å². The third-order valence-corrected chi connectivity index (χ3v) is 3.80. The number of thiophene rings is 1. The Bertz CT molecular complexity index is 317. The molecular formula is C12H18F3NS. The summed E-state index contributed by atoms with van der Waals surface area (Å²) in [5.74, 6) is 0. The SMILES string of the molecule is CC(C)(CNCCCC(F)(F)F)c1cccs1. The van der Waals surface area contributed by atoms with E-state index in [1.165, 1.54) is 4.88 Å². The molecule has 0 unspecified atom stereocenters. The minimum atomic E-state index is -4.04. The van der Waals surface area contributed by atoms with Crippen LogP contribution in [0.5, 0.6) is 0 Å². The highest BCUT2D eigenvalue weighted by Crippen LogP contribution is 2.26. The van der Waals surface area contributed by atoms with Gasteiger partial charge in [0.25, 0.3) is 0 Å². The highest BCUT2D eigenvalue weighted by molar-refractivity contribution is 7.10. The molecule has 98 valence electrons. The van der Waals surface area contributed by atoms with Crippen molar-refractivity contribution in [2.45, 2.75) is 38.3 Å². The van der Waals surface area contributed by atoms with Crippen LogP contribution in [0.15, 0.2) is 17.5 Å². The lowest BCUT2D eigenvalue weighted by molar-refractivity contribution is -0.135. The Morgan fingerprint density at radius 2 is 2.00 bits per heavy atom. The molecule has 0 bridgehead atoms. The second kappa shape index (κ2) is 5.87. The molecule has 1 aromatic heterocycles. The zero-order valence-corrected chi connectivity index (χ0v) is 10.9. The Hall–Kier alpha value is -0.550. The summed E-state index contributed by atoms with van der Waals surface area (Å²) in [5, 5.41) is 5.11. The summed E-state index contributed by atoms with van der Waals surface area (Å²) in [6, 6.07) is 4.05. The smallest absolute Gasteiger partial charge is 0.316 e. The Morgan fingerprint density at radius 1 is 1.29 bits per heavy atom. The van der Waals surface area contributed by atoms with Crippen LogP contribution >= 0.6 is 11.3 Å². The van der Waals surface area contributed by atoms with E-state index in [4.69, 9.17) is 0 Å². The average Bonchev–Trinajstić information content (AvgIpc) is 2.68. The van der Waals surface area contributed by atoms with Crippen molar-refractivity contribution in [2.24, 2.45) is 0 Å². The Kier molecular flexibility index (Phi) is 5.01. The van der Waals surface area contributed by atoms with Gasteiger partial charge in [0, 0.05) is 23.3 Å². The first-order chi connectivity index (χ1) is 7.81. The monoisotopic (exact) mass is 265 g/mol. The number of halogens is 3. The van der Waals surface area contributed by atoms with E-state index in [0.29, 0.717) is 13.1 Å². The minimum Gasteiger partial charge on any atom is -0.316 e. The molecule has 0 fully saturated rings. The van der Waals surface area contributed by atoms with Crippen molar-refractivity contribution in [1.82, 2.24) is 5.32 Å². The van der Waals surface area contributed by atoms with E-state index in [0.717, 1.165) is 0 Å². The fraction of sp³-hybridized carbons (Fsp3) is 0.667. The van der Waals surface area contributed by atoms with Crippen LogP contribution in [0.4, 0.5) is 13.2 Å². The van der Waals surface area contributed by atoms with Crippen molar-refractivity contribution in [3.63, 3.8) is 0 Å². The Morgan fingerprint density at radius 3 is 2.53 bits per heavy atom. The molecule has 0 saturated heterocycles. The van der Waals surface area contributed by atoms with Crippen LogP contribution < -0.4 is 5.32 Å². The van der Waals surface area contributed by atoms with Crippen LogP contribution in [0, 0.1) is 0 Å². The quantitative estimate of drug-likeness (QED) is 0.768. The summed E-state index contributed by atoms with van der Waals surface area (Å²) in [7, 11) is 0. The van der Waals surface area contributed by atoms with E-state index in [9.17, 15) is 13.2 Å². The highest BCUT2D eigenvalue weighted by atomic mass is 32.1. The molecule has 0 radical (unpaired) electrons. The first-order valence-electron chi connectivity index (χ1n) is 5.63. The zero-order valence-electron chi connectivity index (χ0n) is 10.1. The van der Waals surface area contributed by atoms with Crippen molar-refractivity contribution in [2.75, 3.05) is 13.1 Å². The van der Waals surface area contributed by atoms with Crippen LogP contribution in [0.25, 0.3) is 0 Å². The van der Waals surface area contributed by atoms with Gasteiger partial charge in [0.05, 0.1) is 0 Å². The van der Waals surface area contributed by atoms with E-state index in [1.54, 1.807) is 11.3 Å². The van der Waals surface area contributed by atoms with Gasteiger partial charge in [-0.1, -0.05) is 19.9 Å². The normalized spacial score (nSPS) is 13.0. The van der Waals surface area contributed by atoms with Crippen molar-refractivity contribution in [3.05, 3.63) is 22.4 Å². The summed E-state index contributed by atoms with van der Waals surface area (Å²) in [6.45, 7) is 5.30. The number of hydrogen-bond acceptors (Lipinski definition) is 2. The molecule has 1 nitrogen and oxygen atoms in total. The van der Waals surface area contributed by atoms with E-state index >= 15 is 0 Å². The second-order valence-corrected chi connectivity index (χ2v) is 5.70. The molecule has 0 spiro atoms. The predicted molar refractivity (Wildman–Crippen MR) is 65.5 cm³/mol. The van der Waals surface area contributed by atoms with Gasteiger partial charge < -0.3 is 5.32 Å². The topological polar surface area (TPSA) is 12.0 Å². The van der Waals surface area contributed by atoms with Gasteiger partial charge in [0.2, 0.25) is 0 Å². The fourth-order valence-corrected chi connectivity index (χ4v) is 2.42. The Labute approximate surface area is 104 Å². The highest BCUT2D eigenvalue weighted by Gasteiger charge is 2.26. The van der Waals surface area contributed by atoms with Gasteiger partial charge in [0.1, 0.15) is 0 Å². The molecule has 0 aliphatic heterocycles. The van der Waals surface area contributed by atoms with Gasteiger partial charge in [0.15, 0.2) is 0 Å². The summed E-state index contributed by atoms with van der Waals surface area (Å²) >= 11 is 1.68. The van der Waals surface area contributed by atoms with E-state index < -0.39 is 12.6 Å². The molecule has 0 aliphatic rings. The van der Waals surface area contributed by atoms with Crippen LogP contribution in [0.3, 0.4) is 0 Å². The molecule has 0 amide bonds. The van der Waals surface area contributed by atoms with E-state index in [1.807, 2.05) is 11.4 Å². The predicted octanol–water partition coefficient (Wildman–Crippen LogP) is 3.96. The maximum absolute atomic E-state index is 11.9. The molecular weight excluding hydrogens is 247 g/mol. The van der Waals surface area contributed by atoms with Gasteiger partial charge in [-0.3, -0.25) is 0 Å². The molecule has 1 rings (SSSR count). The molecule has 1 N–H and O–H groups in total. The lowest BCUT2D eigenvalue weighted by atomic mass is 9.91. The third-order valence-electron chi connectivity index (χ3n) is 2.57. The molecule has 0 aromatic carbocycles. The van der Waals surface area contributed by atoms with Crippen molar-refractivity contribution < 1.29 is 13.2 Å². The molecule has 1 aromatic rings. The minimum absolute atomic E-state index is 0.0214. The standard InChI is InChI=1S/C12H18F3NS/c1-11(2,10-5-3-8-17-10)9-16-7-4-6-12(13,14)15/h3,5,8,16H,4,6-7,9H2,1-2H3. The lowest BCUT2D eigenvalue weighted by Gasteiger charge is -2.23. The second-order valence-electron chi connectivity index (χ2n) is 4.76. The third kappa shape index (κ3) is 5.55. The van der Waals surface area contributed by atoms with E-state index in [-0.39, 0.29) is 11.8 Å². The maximum atomic E-state index is 11.9. The van der Waals surface area contributed by atoms with Crippen LogP contribution in [0.2, 0.25) is 0 Å². The van der Waals surface area contributed by atoms with Gasteiger partial charge in [-0.25, -0.2) is 0 Å². The number of hydrogen-bond donors (Lipinski definition) is 1. The summed E-state index contributed by atoms with van der Waals surface area (Å²) < 4.78 is 35.7. The Balaban J connectivity index is 2.23. The van der Waals surface area contributed by atoms with Crippen LogP contribution in [-0.4, -0.2) is 19.3 Å². The molecule has 5 heteroatoms.